The third kappa shape index (κ3) is 12.9. The fourth-order valence-corrected chi connectivity index (χ4v) is 2.38. The first-order valence-corrected chi connectivity index (χ1v) is 6.43. The second-order valence-electron chi connectivity index (χ2n) is 4.82. The summed E-state index contributed by atoms with van der Waals surface area (Å²) in [6.45, 7) is 4.81. The zero-order valence-corrected chi connectivity index (χ0v) is 14.3. The lowest BCUT2D eigenvalue weighted by molar-refractivity contribution is -1.15. The van der Waals surface area contributed by atoms with E-state index in [1.54, 1.807) is 0 Å². The van der Waals surface area contributed by atoms with E-state index in [2.05, 4.69) is 0 Å². The molecule has 0 unspecified atom stereocenters. The summed E-state index contributed by atoms with van der Waals surface area (Å²) in [5.41, 5.74) is 0. The first-order chi connectivity index (χ1) is 9.18. The summed E-state index contributed by atoms with van der Waals surface area (Å²) in [5, 5.41) is 0. The Kier molecular flexibility index (Phi) is 10.2. The van der Waals surface area contributed by atoms with Crippen molar-refractivity contribution in [3.63, 3.8) is 0 Å². The highest BCUT2D eigenvalue weighted by Crippen LogP contribution is 2.27. The molecule has 3 heterocycles. The molecule has 3 aliphatic heterocycles. The van der Waals surface area contributed by atoms with Crippen LogP contribution in [0.1, 0.15) is 0 Å². The molecule has 15 heteroatoms. The average Bonchev–Trinajstić information content (AvgIpc) is 2.26. The number of nitrogens with zero attached hydrogens (tertiary/aromatic N) is 2. The Balaban J connectivity index is 0. The summed E-state index contributed by atoms with van der Waals surface area (Å²) in [5.74, 6) is 0. The van der Waals surface area contributed by atoms with Crippen molar-refractivity contribution in [1.29, 1.82) is 0 Å². The van der Waals surface area contributed by atoms with Crippen molar-refractivity contribution >= 4 is 50.1 Å². The second-order valence-corrected chi connectivity index (χ2v) is 5.06. The topological polar surface area (TPSA) is 0 Å². The Labute approximate surface area is 143 Å². The van der Waals surface area contributed by atoms with Crippen molar-refractivity contribution in [1.82, 2.24) is 0 Å². The highest BCUT2D eigenvalue weighted by molar-refractivity contribution is 14.0. The van der Waals surface area contributed by atoms with Gasteiger partial charge in [0.1, 0.15) is 19.6 Å². The Hall–Kier alpha value is 0.440. The number of quaternary nitrogens is 2. The lowest BCUT2D eigenvalue weighted by Gasteiger charge is -2.48. The molecule has 0 spiro atoms. The molecule has 0 atom stereocenters. The molecule has 0 saturated carbocycles. The Bertz CT molecular complexity index is 282. The van der Waals surface area contributed by atoms with E-state index in [1.807, 2.05) is 0 Å². The number of fused-ring (bicyclic) bond motifs is 3. The minimum Gasteiger partial charge on any atom is -0.418 e. The largest absolute Gasteiger partial charge is 0.673 e. The lowest BCUT2D eigenvalue weighted by Crippen LogP contribution is -2.71. The fraction of sp³-hybridized carbons (Fsp3) is 1.00. The van der Waals surface area contributed by atoms with Gasteiger partial charge in [-0.15, -0.1) is 28.7 Å². The SMILES string of the molecule is F[B-](F)(F)F.F[B-](F)(F)F.F[N+]12CC[N+](CCl)(CC1)CC2.I. The van der Waals surface area contributed by atoms with E-state index in [0.29, 0.717) is 25.6 Å². The van der Waals surface area contributed by atoms with E-state index in [0.717, 1.165) is 24.1 Å². The van der Waals surface area contributed by atoms with Gasteiger partial charge in [-0.2, -0.15) is 0 Å². The Morgan fingerprint density at radius 1 is 0.682 bits per heavy atom. The monoisotopic (exact) mass is 482 g/mol. The molecule has 2 nitrogen and oxygen atoms in total. The molecular formula is C7H15B2ClF9IN2. The molecule has 0 amide bonds. The first kappa shape index (κ1) is 24.7. The Morgan fingerprint density at radius 2 is 0.909 bits per heavy atom. The predicted octanol–water partition coefficient (Wildman–Crippen LogP) is 3.95. The molecule has 22 heavy (non-hydrogen) atoms. The van der Waals surface area contributed by atoms with Gasteiger partial charge in [-0.3, -0.25) is 4.48 Å². The van der Waals surface area contributed by atoms with Crippen molar-refractivity contribution in [3.05, 3.63) is 0 Å². The highest BCUT2D eigenvalue weighted by Gasteiger charge is 2.50. The minimum absolute atomic E-state index is 0. The third-order valence-corrected chi connectivity index (χ3v) is 3.69. The normalized spacial score (nSPS) is 30.3. The van der Waals surface area contributed by atoms with E-state index >= 15 is 0 Å². The average molecular weight is 482 g/mol. The van der Waals surface area contributed by atoms with Gasteiger partial charge in [-0.05, 0) is 4.48 Å². The maximum atomic E-state index is 13.5. The van der Waals surface area contributed by atoms with Gasteiger partial charge in [0, 0.05) is 0 Å². The number of hydrogen-bond acceptors (Lipinski definition) is 0. The van der Waals surface area contributed by atoms with Gasteiger partial charge in [0.15, 0.2) is 25.6 Å². The zero-order chi connectivity index (χ0) is 16.9. The molecule has 3 fully saturated rings. The molecule has 0 aliphatic carbocycles. The molecule has 136 valence electrons. The van der Waals surface area contributed by atoms with Crippen LogP contribution in [0.4, 0.5) is 39.0 Å². The molecule has 2 bridgehead atoms. The summed E-state index contributed by atoms with van der Waals surface area (Å²) in [7, 11) is -12.0. The van der Waals surface area contributed by atoms with Crippen LogP contribution >= 0.6 is 35.6 Å². The lowest BCUT2D eigenvalue weighted by atomic mass is 10.2. The molecule has 0 aromatic heterocycles. The van der Waals surface area contributed by atoms with Gasteiger partial charge >= 0.3 is 14.5 Å². The Morgan fingerprint density at radius 3 is 1.09 bits per heavy atom. The first-order valence-electron chi connectivity index (χ1n) is 5.90. The fourth-order valence-electron chi connectivity index (χ4n) is 2.02. The van der Waals surface area contributed by atoms with Gasteiger partial charge in [-0.1, -0.05) is 11.6 Å². The quantitative estimate of drug-likeness (QED) is 0.101. The number of hydrogen-bond donors (Lipinski definition) is 0. The van der Waals surface area contributed by atoms with Crippen LogP contribution in [0.2, 0.25) is 0 Å². The molecular weight excluding hydrogens is 467 g/mol. The zero-order valence-electron chi connectivity index (χ0n) is 11.2. The van der Waals surface area contributed by atoms with Crippen molar-refractivity contribution in [2.45, 2.75) is 0 Å². The van der Waals surface area contributed by atoms with Crippen LogP contribution in [0, 0.1) is 0 Å². The van der Waals surface area contributed by atoms with Gasteiger partial charge in [0.25, 0.3) is 0 Å². The summed E-state index contributed by atoms with van der Waals surface area (Å²) in [6, 6.07) is 0.667. The van der Waals surface area contributed by atoms with Gasteiger partial charge in [0.05, 0.1) is 0 Å². The number of rotatable bonds is 1. The van der Waals surface area contributed by atoms with E-state index in [4.69, 9.17) is 11.6 Å². The second kappa shape index (κ2) is 9.06. The number of alkyl halides is 1. The van der Waals surface area contributed by atoms with Gasteiger partial charge < -0.3 is 34.5 Å². The van der Waals surface area contributed by atoms with Gasteiger partial charge in [0.2, 0.25) is 0 Å². The minimum atomic E-state index is -6.00. The van der Waals surface area contributed by atoms with Crippen molar-refractivity contribution in [3.8, 4) is 0 Å². The van der Waals surface area contributed by atoms with Crippen LogP contribution in [0.3, 0.4) is 0 Å². The van der Waals surface area contributed by atoms with Gasteiger partial charge in [-0.25, -0.2) is 0 Å². The summed E-state index contributed by atoms with van der Waals surface area (Å²) in [4.78, 5) is 0. The van der Waals surface area contributed by atoms with Crippen LogP contribution in [0.25, 0.3) is 0 Å². The van der Waals surface area contributed by atoms with Crippen molar-refractivity contribution in [2.24, 2.45) is 0 Å². The van der Waals surface area contributed by atoms with Crippen molar-refractivity contribution < 1.29 is 48.2 Å². The van der Waals surface area contributed by atoms with E-state index < -0.39 is 14.5 Å². The maximum absolute atomic E-state index is 13.5. The number of piperazine rings is 3. The van der Waals surface area contributed by atoms with Crippen molar-refractivity contribution in [2.75, 3.05) is 45.3 Å². The van der Waals surface area contributed by atoms with Crippen LogP contribution < -0.4 is 0 Å². The molecule has 0 radical (unpaired) electrons. The van der Waals surface area contributed by atoms with Crippen LogP contribution in [0.5, 0.6) is 0 Å². The van der Waals surface area contributed by atoms with Crippen LogP contribution in [0.15, 0.2) is 0 Å². The predicted molar refractivity (Wildman–Crippen MR) is 77.3 cm³/mol. The molecule has 0 N–H and O–H groups in total. The van der Waals surface area contributed by atoms with E-state index in [-0.39, 0.29) is 28.7 Å². The molecule has 0 aromatic rings. The third-order valence-electron chi connectivity index (χ3n) is 3.18. The number of halogens is 11. The summed E-state index contributed by atoms with van der Waals surface area (Å²) in [6.07, 6.45) is 0. The van der Waals surface area contributed by atoms with Crippen LogP contribution in [-0.4, -0.2) is 69.0 Å². The molecule has 3 aliphatic rings. The summed E-state index contributed by atoms with van der Waals surface area (Å²) >= 11 is 5.85. The standard InChI is InChI=1S/C7H14ClFN2.2BF4.HI/c8-7-10-1-4-11(9,5-2-10)6-3-10;2*2-1(3,4)5;/h1-7H2;;;1H/q+2;2*-1;. The molecule has 3 rings (SSSR count). The molecule has 3 saturated heterocycles. The van der Waals surface area contributed by atoms with Crippen LogP contribution in [-0.2, 0) is 0 Å². The smallest absolute Gasteiger partial charge is 0.418 e. The maximum Gasteiger partial charge on any atom is 0.673 e. The summed E-state index contributed by atoms with van der Waals surface area (Å²) < 4.78 is 92.3. The van der Waals surface area contributed by atoms with E-state index in [1.165, 1.54) is 0 Å². The highest BCUT2D eigenvalue weighted by atomic mass is 127. The molecule has 0 aromatic carbocycles. The van der Waals surface area contributed by atoms with E-state index in [9.17, 15) is 39.0 Å².